The molecule has 4 aromatic rings. The third kappa shape index (κ3) is 5.14. The highest BCUT2D eigenvalue weighted by molar-refractivity contribution is 7.15. The summed E-state index contributed by atoms with van der Waals surface area (Å²) in [6.07, 6.45) is 0. The van der Waals surface area contributed by atoms with Crippen LogP contribution in [0.5, 0.6) is 23.0 Å². The van der Waals surface area contributed by atoms with Crippen molar-refractivity contribution in [2.75, 3.05) is 24.7 Å². The number of aromatic nitrogens is 2. The second kappa shape index (κ2) is 11.5. The number of carbonyl (C=O) groups excluding carboxylic acids is 2. The van der Waals surface area contributed by atoms with Crippen LogP contribution in [0.1, 0.15) is 34.7 Å². The number of aliphatic hydroxyl groups excluding tert-OH is 1. The van der Waals surface area contributed by atoms with Crippen LogP contribution >= 0.6 is 11.3 Å². The van der Waals surface area contributed by atoms with E-state index in [2.05, 4.69) is 10.2 Å². The fraction of sp³-hybridized carbons (Fsp3) is 0.226. The maximum absolute atomic E-state index is 13.6. The van der Waals surface area contributed by atoms with Gasteiger partial charge in [-0.05, 0) is 55.3 Å². The fourth-order valence-electron chi connectivity index (χ4n) is 4.89. The van der Waals surface area contributed by atoms with Gasteiger partial charge >= 0.3 is 5.91 Å². The molecular formula is C31H27N3O7S. The van der Waals surface area contributed by atoms with E-state index in [1.54, 1.807) is 43.3 Å². The largest absolute Gasteiger partial charge is 0.507 e. The molecule has 11 heteroatoms. The smallest absolute Gasteiger partial charge is 0.301 e. The Kier molecular flexibility index (Phi) is 7.49. The zero-order valence-corrected chi connectivity index (χ0v) is 23.7. The lowest BCUT2D eigenvalue weighted by atomic mass is 9.95. The minimum atomic E-state index is -1.01. The number of ether oxygens (including phenoxy) is 4. The number of ketones is 1. The molecule has 0 aliphatic carbocycles. The average Bonchev–Trinajstić information content (AvgIpc) is 3.56. The molecular weight excluding hydrogens is 558 g/mol. The van der Waals surface area contributed by atoms with Gasteiger partial charge in [-0.15, -0.1) is 10.2 Å². The van der Waals surface area contributed by atoms with Crippen LogP contribution in [0.15, 0.2) is 72.3 Å². The summed E-state index contributed by atoms with van der Waals surface area (Å²) < 4.78 is 23.3. The van der Waals surface area contributed by atoms with Gasteiger partial charge in [-0.3, -0.25) is 14.5 Å². The van der Waals surface area contributed by atoms with Crippen LogP contribution in [0.3, 0.4) is 0 Å². The number of hydrogen-bond acceptors (Lipinski definition) is 10. The third-order valence-electron chi connectivity index (χ3n) is 6.80. The number of anilines is 1. The minimum Gasteiger partial charge on any atom is -0.507 e. The lowest BCUT2D eigenvalue weighted by Crippen LogP contribution is -2.29. The predicted octanol–water partition coefficient (Wildman–Crippen LogP) is 5.22. The number of nitrogens with zero attached hydrogens (tertiary/aromatic N) is 3. The maximum Gasteiger partial charge on any atom is 0.301 e. The first-order chi connectivity index (χ1) is 20.4. The summed E-state index contributed by atoms with van der Waals surface area (Å²) in [6, 6.07) is 18.8. The zero-order chi connectivity index (χ0) is 29.2. The number of Topliss-reactive ketones (excluding diaryl/α,β-unsaturated/α-hetero) is 1. The predicted molar refractivity (Wildman–Crippen MR) is 155 cm³/mol. The molecule has 0 bridgehead atoms. The molecule has 0 unspecified atom stereocenters. The summed E-state index contributed by atoms with van der Waals surface area (Å²) in [7, 11) is 0. The Morgan fingerprint density at radius 2 is 1.76 bits per heavy atom. The molecule has 214 valence electrons. The summed E-state index contributed by atoms with van der Waals surface area (Å²) in [6.45, 7) is 5.07. The molecule has 1 N–H and O–H groups in total. The molecule has 1 aromatic heterocycles. The van der Waals surface area contributed by atoms with E-state index in [1.165, 1.54) is 16.2 Å². The van der Waals surface area contributed by atoms with E-state index >= 15 is 0 Å². The second-order valence-electron chi connectivity index (χ2n) is 9.54. The van der Waals surface area contributed by atoms with Crippen molar-refractivity contribution in [2.45, 2.75) is 26.5 Å². The molecule has 0 radical (unpaired) electrons. The van der Waals surface area contributed by atoms with Crippen LogP contribution in [-0.4, -0.2) is 46.8 Å². The number of fused-ring (bicyclic) bond motifs is 1. The lowest BCUT2D eigenvalue weighted by molar-refractivity contribution is -0.132. The van der Waals surface area contributed by atoms with Crippen molar-refractivity contribution in [3.8, 4) is 23.0 Å². The van der Waals surface area contributed by atoms with E-state index in [1.807, 2.05) is 37.3 Å². The first kappa shape index (κ1) is 27.3. The van der Waals surface area contributed by atoms with Gasteiger partial charge in [0.2, 0.25) is 5.13 Å². The minimum absolute atomic E-state index is 0.0927. The highest BCUT2D eigenvalue weighted by Crippen LogP contribution is 2.45. The summed E-state index contributed by atoms with van der Waals surface area (Å²) >= 11 is 1.17. The Hall–Kier alpha value is -4.90. The van der Waals surface area contributed by atoms with Crippen LogP contribution in [0.25, 0.3) is 5.76 Å². The summed E-state index contributed by atoms with van der Waals surface area (Å²) in [5, 5.41) is 20.6. The number of aliphatic hydroxyl groups is 1. The van der Waals surface area contributed by atoms with E-state index in [0.717, 1.165) is 5.56 Å². The summed E-state index contributed by atoms with van der Waals surface area (Å²) in [5.74, 6) is -0.105. The Morgan fingerprint density at radius 1 is 0.976 bits per heavy atom. The number of carbonyl (C=O) groups is 2. The molecule has 3 aromatic carbocycles. The molecule has 10 nitrogen and oxygen atoms in total. The van der Waals surface area contributed by atoms with Gasteiger partial charge in [0, 0.05) is 5.56 Å². The van der Waals surface area contributed by atoms with Gasteiger partial charge in [0.05, 0.1) is 18.2 Å². The average molecular weight is 586 g/mol. The molecule has 0 saturated carbocycles. The van der Waals surface area contributed by atoms with E-state index in [0.29, 0.717) is 65.6 Å². The Labute approximate surface area is 245 Å². The number of amides is 1. The van der Waals surface area contributed by atoms with Crippen LogP contribution in [0.4, 0.5) is 5.13 Å². The first-order valence-corrected chi connectivity index (χ1v) is 14.2. The van der Waals surface area contributed by atoms with Crippen molar-refractivity contribution >= 4 is 33.9 Å². The van der Waals surface area contributed by atoms with Crippen LogP contribution in [0, 0.1) is 6.92 Å². The quantitative estimate of drug-likeness (QED) is 0.169. The standard InChI is InChI=1S/C31H27N3O7S/c1-3-38-24-15-20(9-11-23(24)41-17-19-7-5-4-6-8-19)27-26(29(36)30(37)34(27)31-33-32-18(2)42-31)28(35)21-10-12-22-25(16-21)40-14-13-39-22/h4-12,15-16,27,35H,3,13-14,17H2,1-2H3/b28-26+/t27-/m1/s1. The summed E-state index contributed by atoms with van der Waals surface area (Å²) in [4.78, 5) is 28.3. The zero-order valence-electron chi connectivity index (χ0n) is 22.9. The molecule has 0 spiro atoms. The normalized spacial score (nSPS) is 17.4. The molecule has 2 aliphatic rings. The number of rotatable bonds is 8. The van der Waals surface area contributed by atoms with Crippen molar-refractivity contribution in [1.29, 1.82) is 0 Å². The van der Waals surface area contributed by atoms with E-state index < -0.39 is 17.7 Å². The van der Waals surface area contributed by atoms with Gasteiger partial charge in [0.1, 0.15) is 30.6 Å². The van der Waals surface area contributed by atoms with Crippen molar-refractivity contribution in [1.82, 2.24) is 10.2 Å². The Balaban J connectivity index is 1.45. The molecule has 2 aliphatic heterocycles. The topological polar surface area (TPSA) is 120 Å². The van der Waals surface area contributed by atoms with Gasteiger partial charge < -0.3 is 24.1 Å². The van der Waals surface area contributed by atoms with Gasteiger partial charge in [-0.1, -0.05) is 47.7 Å². The van der Waals surface area contributed by atoms with Crippen LogP contribution in [0.2, 0.25) is 0 Å². The molecule has 1 amide bonds. The van der Waals surface area contributed by atoms with Gasteiger partial charge in [-0.25, -0.2) is 0 Å². The molecule has 42 heavy (non-hydrogen) atoms. The molecule has 3 heterocycles. The van der Waals surface area contributed by atoms with Crippen molar-refractivity contribution in [3.05, 3.63) is 94.0 Å². The number of aryl methyl sites for hydroxylation is 1. The SMILES string of the molecule is CCOc1cc([C@@H]2/C(=C(\O)c3ccc4c(c3)OCCO4)C(=O)C(=O)N2c2nnc(C)s2)ccc1OCc1ccccc1. The van der Waals surface area contributed by atoms with Crippen LogP contribution < -0.4 is 23.8 Å². The van der Waals surface area contributed by atoms with Crippen molar-refractivity contribution in [2.24, 2.45) is 0 Å². The van der Waals surface area contributed by atoms with Crippen LogP contribution in [-0.2, 0) is 16.2 Å². The van der Waals surface area contributed by atoms with Gasteiger partial charge in [0.25, 0.3) is 5.78 Å². The number of benzene rings is 3. The van der Waals surface area contributed by atoms with Gasteiger partial charge in [0.15, 0.2) is 23.0 Å². The molecule has 6 rings (SSSR count). The van der Waals surface area contributed by atoms with E-state index in [-0.39, 0.29) is 16.5 Å². The highest BCUT2D eigenvalue weighted by atomic mass is 32.1. The van der Waals surface area contributed by atoms with E-state index in [4.69, 9.17) is 18.9 Å². The Bertz CT molecular complexity index is 1690. The maximum atomic E-state index is 13.6. The highest BCUT2D eigenvalue weighted by Gasteiger charge is 2.48. The van der Waals surface area contributed by atoms with Gasteiger partial charge in [-0.2, -0.15) is 0 Å². The van der Waals surface area contributed by atoms with Crippen molar-refractivity contribution in [3.63, 3.8) is 0 Å². The monoisotopic (exact) mass is 585 g/mol. The lowest BCUT2D eigenvalue weighted by Gasteiger charge is -2.24. The van der Waals surface area contributed by atoms with Crippen molar-refractivity contribution < 1.29 is 33.6 Å². The Morgan fingerprint density at radius 3 is 2.50 bits per heavy atom. The third-order valence-corrected chi connectivity index (χ3v) is 7.64. The fourth-order valence-corrected chi connectivity index (χ4v) is 5.61. The molecule has 1 atom stereocenters. The first-order valence-electron chi connectivity index (χ1n) is 13.4. The molecule has 1 saturated heterocycles. The second-order valence-corrected chi connectivity index (χ2v) is 10.7. The molecule has 1 fully saturated rings. The number of hydrogen-bond donors (Lipinski definition) is 1. The summed E-state index contributed by atoms with van der Waals surface area (Å²) in [5.41, 5.74) is 1.73. The van der Waals surface area contributed by atoms with E-state index in [9.17, 15) is 14.7 Å².